The first kappa shape index (κ1) is 14.3. The van der Waals surface area contributed by atoms with Gasteiger partial charge in [-0.3, -0.25) is 0 Å². The smallest absolute Gasteiger partial charge is 0.339 e. The van der Waals surface area contributed by atoms with Crippen molar-refractivity contribution >= 4 is 34.9 Å². The quantitative estimate of drug-likeness (QED) is 0.750. The monoisotopic (exact) mass is 313 g/mol. The number of ether oxygens (including phenoxy) is 1. The summed E-state index contributed by atoms with van der Waals surface area (Å²) in [7, 11) is 0. The minimum absolute atomic E-state index is 0.157. The number of carbonyl (C=O) groups is 1. The van der Waals surface area contributed by atoms with Gasteiger partial charge in [0.05, 0.1) is 10.0 Å². The van der Waals surface area contributed by atoms with Crippen LogP contribution in [0, 0.1) is 0 Å². The number of rotatable bonds is 3. The van der Waals surface area contributed by atoms with Gasteiger partial charge in [0.1, 0.15) is 17.1 Å². The predicted octanol–water partition coefficient (Wildman–Crippen LogP) is 3.77. The third kappa shape index (κ3) is 2.89. The summed E-state index contributed by atoms with van der Waals surface area (Å²) in [6, 6.07) is 6.69. The fraction of sp³-hybridized carbons (Fsp3) is 0. The van der Waals surface area contributed by atoms with Crippen molar-refractivity contribution < 1.29 is 19.7 Å². The van der Waals surface area contributed by atoms with Crippen LogP contribution in [0.3, 0.4) is 0 Å². The summed E-state index contributed by atoms with van der Waals surface area (Å²) in [5.74, 6) is -1.31. The number of nitrogen functional groups attached to an aromatic ring is 1. The van der Waals surface area contributed by atoms with Crippen LogP contribution in [0.15, 0.2) is 30.3 Å². The number of carboxylic acid groups (broad SMARTS) is 1. The van der Waals surface area contributed by atoms with Crippen molar-refractivity contribution in [1.29, 1.82) is 0 Å². The Bertz CT molecular complexity index is 665. The van der Waals surface area contributed by atoms with Crippen LogP contribution in [0.2, 0.25) is 10.0 Å². The lowest BCUT2D eigenvalue weighted by Gasteiger charge is -2.11. The molecule has 5 nitrogen and oxygen atoms in total. The van der Waals surface area contributed by atoms with Crippen molar-refractivity contribution in [3.05, 3.63) is 45.9 Å². The van der Waals surface area contributed by atoms with E-state index in [-0.39, 0.29) is 32.9 Å². The lowest BCUT2D eigenvalue weighted by Crippen LogP contribution is -1.97. The topological polar surface area (TPSA) is 92.8 Å². The molecule has 2 rings (SSSR count). The number of carboxylic acids is 1. The van der Waals surface area contributed by atoms with Gasteiger partial charge in [-0.25, -0.2) is 4.79 Å². The highest BCUT2D eigenvalue weighted by atomic mass is 35.5. The first-order valence-electron chi connectivity index (χ1n) is 5.37. The Kier molecular flexibility index (Phi) is 3.92. The molecule has 0 aliphatic carbocycles. The number of anilines is 1. The Balaban J connectivity index is 2.41. The van der Waals surface area contributed by atoms with E-state index < -0.39 is 5.97 Å². The number of nitrogens with two attached hydrogens (primary N) is 1. The number of aromatic hydroxyl groups is 1. The van der Waals surface area contributed by atoms with Crippen LogP contribution in [0.1, 0.15) is 10.4 Å². The van der Waals surface area contributed by atoms with E-state index in [0.29, 0.717) is 5.69 Å². The van der Waals surface area contributed by atoms with Crippen LogP contribution in [0.5, 0.6) is 17.2 Å². The average molecular weight is 314 g/mol. The Morgan fingerprint density at radius 1 is 1.15 bits per heavy atom. The van der Waals surface area contributed by atoms with Gasteiger partial charge < -0.3 is 20.7 Å². The SMILES string of the molecule is Nc1cc(Cl)c(Oc2ccc(O)c(C(=O)O)c2)c(Cl)c1. The third-order valence-corrected chi connectivity index (χ3v) is 3.00. The van der Waals surface area contributed by atoms with Gasteiger partial charge in [-0.05, 0) is 30.3 Å². The summed E-state index contributed by atoms with van der Waals surface area (Å²) in [5, 5.41) is 18.7. The van der Waals surface area contributed by atoms with Gasteiger partial charge in [-0.15, -0.1) is 0 Å². The largest absolute Gasteiger partial charge is 0.507 e. The summed E-state index contributed by atoms with van der Waals surface area (Å²) >= 11 is 11.9. The Morgan fingerprint density at radius 2 is 1.75 bits per heavy atom. The molecule has 20 heavy (non-hydrogen) atoms. The zero-order chi connectivity index (χ0) is 14.9. The molecule has 0 fully saturated rings. The van der Waals surface area contributed by atoms with Gasteiger partial charge in [0.15, 0.2) is 5.75 Å². The summed E-state index contributed by atoms with van der Waals surface area (Å²) < 4.78 is 5.45. The van der Waals surface area contributed by atoms with Crippen LogP contribution in [0.4, 0.5) is 5.69 Å². The van der Waals surface area contributed by atoms with Gasteiger partial charge in [-0.2, -0.15) is 0 Å². The number of benzene rings is 2. The molecular formula is C13H9Cl2NO4. The van der Waals surface area contributed by atoms with Crippen LogP contribution in [0.25, 0.3) is 0 Å². The molecule has 0 bridgehead atoms. The molecule has 0 saturated carbocycles. The Morgan fingerprint density at radius 3 is 2.30 bits per heavy atom. The number of halogens is 2. The van der Waals surface area contributed by atoms with Crippen LogP contribution >= 0.6 is 23.2 Å². The molecule has 0 heterocycles. The lowest BCUT2D eigenvalue weighted by molar-refractivity contribution is 0.0693. The molecular weight excluding hydrogens is 305 g/mol. The van der Waals surface area contributed by atoms with Gasteiger partial charge in [-0.1, -0.05) is 23.2 Å². The molecule has 0 radical (unpaired) electrons. The Hall–Kier alpha value is -2.11. The maximum atomic E-state index is 10.9. The van der Waals surface area contributed by atoms with E-state index in [4.69, 9.17) is 38.8 Å². The first-order valence-corrected chi connectivity index (χ1v) is 6.12. The predicted molar refractivity (Wildman–Crippen MR) is 76.0 cm³/mol. The fourth-order valence-corrected chi connectivity index (χ4v) is 2.13. The summed E-state index contributed by atoms with van der Waals surface area (Å²) in [6.45, 7) is 0. The molecule has 0 saturated heterocycles. The van der Waals surface area contributed by atoms with E-state index in [1.807, 2.05) is 0 Å². The molecule has 0 aromatic heterocycles. The molecule has 2 aromatic carbocycles. The van der Waals surface area contributed by atoms with Gasteiger partial charge >= 0.3 is 5.97 Å². The van der Waals surface area contributed by atoms with Crippen molar-refractivity contribution in [2.75, 3.05) is 5.73 Å². The molecule has 0 aliphatic rings. The maximum Gasteiger partial charge on any atom is 0.339 e. The minimum Gasteiger partial charge on any atom is -0.507 e. The van der Waals surface area contributed by atoms with E-state index in [9.17, 15) is 9.90 Å². The second kappa shape index (κ2) is 5.48. The first-order chi connectivity index (χ1) is 9.38. The maximum absolute atomic E-state index is 10.9. The molecule has 0 spiro atoms. The van der Waals surface area contributed by atoms with Gasteiger partial charge in [0, 0.05) is 5.69 Å². The minimum atomic E-state index is -1.28. The number of hydrogen-bond acceptors (Lipinski definition) is 4. The van der Waals surface area contributed by atoms with Gasteiger partial charge in [0.2, 0.25) is 0 Å². The summed E-state index contributed by atoms with van der Waals surface area (Å²) in [6.07, 6.45) is 0. The highest BCUT2D eigenvalue weighted by Gasteiger charge is 2.14. The highest BCUT2D eigenvalue weighted by molar-refractivity contribution is 6.37. The molecule has 4 N–H and O–H groups in total. The van der Waals surface area contributed by atoms with Crippen molar-refractivity contribution in [3.8, 4) is 17.2 Å². The molecule has 2 aromatic rings. The molecule has 0 atom stereocenters. The standard InChI is InChI=1S/C13H9Cl2NO4/c14-9-3-6(16)4-10(15)12(9)20-7-1-2-11(17)8(5-7)13(18)19/h1-5,17H,16H2,(H,18,19). The normalized spacial score (nSPS) is 10.3. The highest BCUT2D eigenvalue weighted by Crippen LogP contribution is 2.38. The van der Waals surface area contributed by atoms with Crippen LogP contribution < -0.4 is 10.5 Å². The van der Waals surface area contributed by atoms with E-state index in [2.05, 4.69) is 0 Å². The third-order valence-electron chi connectivity index (χ3n) is 2.44. The molecule has 0 amide bonds. The fourth-order valence-electron chi connectivity index (χ4n) is 1.54. The number of aromatic carboxylic acids is 1. The second-order valence-electron chi connectivity index (χ2n) is 3.90. The van der Waals surface area contributed by atoms with E-state index in [1.54, 1.807) is 0 Å². The van der Waals surface area contributed by atoms with E-state index >= 15 is 0 Å². The molecule has 0 aliphatic heterocycles. The molecule has 104 valence electrons. The van der Waals surface area contributed by atoms with Crippen LogP contribution in [-0.2, 0) is 0 Å². The summed E-state index contributed by atoms with van der Waals surface area (Å²) in [5.41, 5.74) is 5.66. The van der Waals surface area contributed by atoms with E-state index in [0.717, 1.165) is 0 Å². The molecule has 0 unspecified atom stereocenters. The second-order valence-corrected chi connectivity index (χ2v) is 4.71. The Labute approximate surface area is 124 Å². The number of hydrogen-bond donors (Lipinski definition) is 3. The lowest BCUT2D eigenvalue weighted by atomic mass is 10.2. The van der Waals surface area contributed by atoms with Crippen LogP contribution in [-0.4, -0.2) is 16.2 Å². The zero-order valence-corrected chi connectivity index (χ0v) is 11.4. The van der Waals surface area contributed by atoms with Gasteiger partial charge in [0.25, 0.3) is 0 Å². The van der Waals surface area contributed by atoms with Crippen molar-refractivity contribution in [1.82, 2.24) is 0 Å². The zero-order valence-electron chi connectivity index (χ0n) is 9.93. The van der Waals surface area contributed by atoms with Crippen molar-refractivity contribution in [2.24, 2.45) is 0 Å². The number of phenols is 1. The molecule has 7 heteroatoms. The summed E-state index contributed by atoms with van der Waals surface area (Å²) in [4.78, 5) is 10.9. The average Bonchev–Trinajstić information content (AvgIpc) is 2.35. The van der Waals surface area contributed by atoms with Crippen molar-refractivity contribution in [3.63, 3.8) is 0 Å². The van der Waals surface area contributed by atoms with E-state index in [1.165, 1.54) is 30.3 Å². The van der Waals surface area contributed by atoms with Crippen molar-refractivity contribution in [2.45, 2.75) is 0 Å².